The minimum atomic E-state index is -0.493. The molecule has 0 fully saturated rings. The first-order valence-corrected chi connectivity index (χ1v) is 3.82. The van der Waals surface area contributed by atoms with E-state index in [1.807, 2.05) is 0 Å². The smallest absolute Gasteiger partial charge is 0.194 e. The average molecular weight is 173 g/mol. The average Bonchev–Trinajstić information content (AvgIpc) is 2.05. The van der Waals surface area contributed by atoms with Gasteiger partial charge in [-0.25, -0.2) is 0 Å². The fraction of sp³-hybridized carbons (Fsp3) is 0.375. The highest BCUT2D eigenvalue weighted by Gasteiger charge is 2.20. The van der Waals surface area contributed by atoms with Gasteiger partial charge in [0.2, 0.25) is 0 Å². The molecular formula is C8H9ClO2. The van der Waals surface area contributed by atoms with Crippen molar-refractivity contribution >= 4 is 17.4 Å². The van der Waals surface area contributed by atoms with Gasteiger partial charge in [-0.15, -0.1) is 11.6 Å². The largest absolute Gasteiger partial charge is 0.486 e. The summed E-state index contributed by atoms with van der Waals surface area (Å²) >= 11 is 5.57. The van der Waals surface area contributed by atoms with Crippen LogP contribution in [0.3, 0.4) is 0 Å². The molecule has 3 heteroatoms. The number of ether oxygens (including phenoxy) is 1. The molecule has 2 atom stereocenters. The molecule has 0 unspecified atom stereocenters. The van der Waals surface area contributed by atoms with Gasteiger partial charge in [0.1, 0.15) is 0 Å². The Morgan fingerprint density at radius 2 is 2.36 bits per heavy atom. The fourth-order valence-corrected chi connectivity index (χ4v) is 0.898. The topological polar surface area (TPSA) is 26.3 Å². The molecule has 0 bridgehead atoms. The maximum atomic E-state index is 11.2. The molecule has 1 rings (SSSR count). The van der Waals surface area contributed by atoms with Gasteiger partial charge in [0.25, 0.3) is 0 Å². The number of ketones is 1. The van der Waals surface area contributed by atoms with Crippen LogP contribution in [-0.4, -0.2) is 17.3 Å². The summed E-state index contributed by atoms with van der Waals surface area (Å²) in [6.45, 7) is 1.64. The third kappa shape index (κ3) is 2.09. The Kier molecular flexibility index (Phi) is 2.71. The second-order valence-electron chi connectivity index (χ2n) is 2.29. The summed E-state index contributed by atoms with van der Waals surface area (Å²) in [6, 6.07) is 0. The molecule has 0 amide bonds. The number of Topliss-reactive ketones (excluding diaryl/α,β-unsaturated/α-hetero) is 1. The normalized spacial score (nSPS) is 24.4. The van der Waals surface area contributed by atoms with Gasteiger partial charge in [-0.3, -0.25) is 4.79 Å². The molecule has 0 radical (unpaired) electrons. The van der Waals surface area contributed by atoms with Crippen LogP contribution in [0.15, 0.2) is 24.5 Å². The van der Waals surface area contributed by atoms with Gasteiger partial charge in [-0.2, -0.15) is 0 Å². The fourth-order valence-electron chi connectivity index (χ4n) is 0.774. The first kappa shape index (κ1) is 8.34. The minimum Gasteiger partial charge on any atom is -0.486 e. The van der Waals surface area contributed by atoms with Gasteiger partial charge in [-0.05, 0) is 19.1 Å². The van der Waals surface area contributed by atoms with E-state index in [1.54, 1.807) is 25.2 Å². The maximum Gasteiger partial charge on any atom is 0.194 e. The summed E-state index contributed by atoms with van der Waals surface area (Å²) in [7, 11) is 0. The van der Waals surface area contributed by atoms with Crippen LogP contribution in [0.4, 0.5) is 0 Å². The molecule has 1 aliphatic rings. The minimum absolute atomic E-state index is 0.104. The third-order valence-corrected chi connectivity index (χ3v) is 1.59. The Labute approximate surface area is 70.5 Å². The standard InChI is InChI=1S/C8H9ClO2/c1-6(9)8(10)7-4-2-3-5-11-7/h2-7H,1H3/t6-,7+/m1/s1. The van der Waals surface area contributed by atoms with Crippen LogP contribution in [0.5, 0.6) is 0 Å². The van der Waals surface area contributed by atoms with Crippen molar-refractivity contribution in [1.82, 2.24) is 0 Å². The number of rotatable bonds is 2. The summed E-state index contributed by atoms with van der Waals surface area (Å²) in [5, 5.41) is -0.490. The van der Waals surface area contributed by atoms with Crippen LogP contribution >= 0.6 is 11.6 Å². The molecule has 0 aromatic rings. The lowest BCUT2D eigenvalue weighted by atomic mass is 10.1. The van der Waals surface area contributed by atoms with Crippen LogP contribution in [0.25, 0.3) is 0 Å². The number of alkyl halides is 1. The lowest BCUT2D eigenvalue weighted by Gasteiger charge is -2.14. The third-order valence-electron chi connectivity index (χ3n) is 1.37. The van der Waals surface area contributed by atoms with Crippen molar-refractivity contribution in [1.29, 1.82) is 0 Å². The number of carbonyl (C=O) groups excluding carboxylic acids is 1. The highest BCUT2D eigenvalue weighted by Crippen LogP contribution is 2.08. The Hall–Kier alpha value is -0.760. The molecule has 11 heavy (non-hydrogen) atoms. The van der Waals surface area contributed by atoms with Crippen molar-refractivity contribution < 1.29 is 9.53 Å². The molecule has 1 heterocycles. The molecule has 0 saturated carbocycles. The first-order chi connectivity index (χ1) is 5.22. The Bertz CT molecular complexity index is 206. The van der Waals surface area contributed by atoms with Gasteiger partial charge in [-0.1, -0.05) is 6.08 Å². The molecule has 0 aromatic carbocycles. The van der Waals surface area contributed by atoms with Gasteiger partial charge in [0.05, 0.1) is 11.6 Å². The second-order valence-corrected chi connectivity index (χ2v) is 2.94. The summed E-state index contributed by atoms with van der Waals surface area (Å²) in [6.07, 6.45) is 6.17. The van der Waals surface area contributed by atoms with Gasteiger partial charge >= 0.3 is 0 Å². The number of hydrogen-bond donors (Lipinski definition) is 0. The van der Waals surface area contributed by atoms with E-state index < -0.39 is 11.5 Å². The van der Waals surface area contributed by atoms with Crippen molar-refractivity contribution in [2.75, 3.05) is 0 Å². The van der Waals surface area contributed by atoms with E-state index in [2.05, 4.69) is 0 Å². The molecular weight excluding hydrogens is 164 g/mol. The summed E-state index contributed by atoms with van der Waals surface area (Å²) in [5.41, 5.74) is 0. The molecule has 0 spiro atoms. The van der Waals surface area contributed by atoms with E-state index in [0.717, 1.165) is 0 Å². The van der Waals surface area contributed by atoms with Crippen LogP contribution in [0.1, 0.15) is 6.92 Å². The SMILES string of the molecule is C[C@@H](Cl)C(=O)[C@@H]1C=CC=CO1. The summed E-state index contributed by atoms with van der Waals surface area (Å²) < 4.78 is 5.00. The van der Waals surface area contributed by atoms with Crippen molar-refractivity contribution in [2.45, 2.75) is 18.4 Å². The molecule has 1 aliphatic heterocycles. The molecule has 2 nitrogen and oxygen atoms in total. The van der Waals surface area contributed by atoms with Gasteiger partial charge < -0.3 is 4.74 Å². The lowest BCUT2D eigenvalue weighted by molar-refractivity contribution is -0.124. The van der Waals surface area contributed by atoms with E-state index in [-0.39, 0.29) is 5.78 Å². The molecule has 60 valence electrons. The Morgan fingerprint density at radius 1 is 1.64 bits per heavy atom. The Balaban J connectivity index is 2.55. The van der Waals surface area contributed by atoms with Gasteiger partial charge in [0, 0.05) is 0 Å². The van der Waals surface area contributed by atoms with E-state index in [1.165, 1.54) is 6.26 Å². The van der Waals surface area contributed by atoms with E-state index in [4.69, 9.17) is 16.3 Å². The molecule has 0 N–H and O–H groups in total. The van der Waals surface area contributed by atoms with Crippen molar-refractivity contribution in [3.63, 3.8) is 0 Å². The van der Waals surface area contributed by atoms with Crippen molar-refractivity contribution in [3.05, 3.63) is 24.5 Å². The highest BCUT2D eigenvalue weighted by molar-refractivity contribution is 6.31. The van der Waals surface area contributed by atoms with Crippen LogP contribution in [0, 0.1) is 0 Å². The zero-order valence-corrected chi connectivity index (χ0v) is 6.91. The van der Waals surface area contributed by atoms with Crippen molar-refractivity contribution in [3.8, 4) is 0 Å². The van der Waals surface area contributed by atoms with Crippen molar-refractivity contribution in [2.24, 2.45) is 0 Å². The zero-order chi connectivity index (χ0) is 8.27. The predicted octanol–water partition coefficient (Wildman–Crippen LogP) is 1.65. The van der Waals surface area contributed by atoms with E-state index in [0.29, 0.717) is 0 Å². The quantitative estimate of drug-likeness (QED) is 0.592. The lowest BCUT2D eigenvalue weighted by Crippen LogP contribution is -2.27. The maximum absolute atomic E-state index is 11.2. The number of carbonyl (C=O) groups is 1. The first-order valence-electron chi connectivity index (χ1n) is 3.38. The van der Waals surface area contributed by atoms with Crippen LogP contribution in [-0.2, 0) is 9.53 Å². The van der Waals surface area contributed by atoms with Crippen LogP contribution in [0.2, 0.25) is 0 Å². The Morgan fingerprint density at radius 3 is 2.82 bits per heavy atom. The van der Waals surface area contributed by atoms with E-state index in [9.17, 15) is 4.79 Å². The second kappa shape index (κ2) is 3.58. The summed E-state index contributed by atoms with van der Waals surface area (Å²) in [4.78, 5) is 11.2. The number of allylic oxidation sites excluding steroid dienone is 2. The molecule has 0 saturated heterocycles. The predicted molar refractivity (Wildman–Crippen MR) is 43.5 cm³/mol. The number of hydrogen-bond acceptors (Lipinski definition) is 2. The number of halogens is 1. The highest BCUT2D eigenvalue weighted by atomic mass is 35.5. The molecule has 0 aromatic heterocycles. The summed E-state index contributed by atoms with van der Waals surface area (Å²) in [5.74, 6) is -0.104. The van der Waals surface area contributed by atoms with E-state index >= 15 is 0 Å². The molecule has 0 aliphatic carbocycles. The monoisotopic (exact) mass is 172 g/mol. The van der Waals surface area contributed by atoms with Crippen LogP contribution < -0.4 is 0 Å². The zero-order valence-electron chi connectivity index (χ0n) is 6.16. The van der Waals surface area contributed by atoms with Gasteiger partial charge in [0.15, 0.2) is 11.9 Å².